The molecule has 0 fully saturated rings. The fourth-order valence-corrected chi connectivity index (χ4v) is 6.75. The molecule has 39 heavy (non-hydrogen) atoms. The predicted molar refractivity (Wildman–Crippen MR) is 161 cm³/mol. The van der Waals surface area contributed by atoms with Crippen LogP contribution in [0.2, 0.25) is 0 Å². The molecule has 2 aromatic heterocycles. The number of halogens is 1. The van der Waals surface area contributed by atoms with Crippen molar-refractivity contribution < 1.29 is 9.21 Å². The fraction of sp³-hybridized carbons (Fsp3) is 0.0571. The summed E-state index contributed by atoms with van der Waals surface area (Å²) in [7, 11) is 0. The first-order chi connectivity index (χ1) is 19.2. The minimum Gasteiger partial charge on any atom is -0.456 e. The van der Waals surface area contributed by atoms with Gasteiger partial charge >= 0.3 is 0 Å². The lowest BCUT2D eigenvalue weighted by Crippen LogP contribution is -2.15. The molecule has 186 valence electrons. The summed E-state index contributed by atoms with van der Waals surface area (Å²) in [6, 6.07) is 39.2. The van der Waals surface area contributed by atoms with Crippen molar-refractivity contribution in [1.82, 2.24) is 4.57 Å². The van der Waals surface area contributed by atoms with Crippen LogP contribution < -0.4 is 0 Å². The van der Waals surface area contributed by atoms with Crippen molar-refractivity contribution in [2.75, 3.05) is 0 Å². The van der Waals surface area contributed by atoms with Crippen molar-refractivity contribution in [1.29, 1.82) is 0 Å². The van der Waals surface area contributed by atoms with Crippen LogP contribution in [0.3, 0.4) is 0 Å². The van der Waals surface area contributed by atoms with E-state index in [0.717, 1.165) is 60.0 Å². The number of Topliss-reactive ketones (excluding diaryl/α,β-unsaturated/α-hetero) is 1. The Balaban J connectivity index is 1.49. The molecule has 0 saturated carbocycles. The summed E-state index contributed by atoms with van der Waals surface area (Å²) in [4.78, 5) is 14.5. The monoisotopic (exact) mass is 567 g/mol. The number of carbonyl (C=O) groups excluding carboxylic acids is 1. The molecular formula is C35H22BrNO2. The molecule has 4 heteroatoms. The number of benzene rings is 5. The standard InChI is InChI=1S/C35H22BrNO2/c36-22-17-18-24-29(19-22)37-28-14-6-4-11-25(28)35(38)27(20-30(37)33(24)21-9-2-1-3-10-21)23-13-8-16-32-34(23)26-12-5-7-15-31(26)39-32/h1-19,27H,20H2. The van der Waals surface area contributed by atoms with Crippen molar-refractivity contribution in [3.63, 3.8) is 0 Å². The van der Waals surface area contributed by atoms with E-state index in [-0.39, 0.29) is 11.7 Å². The molecule has 7 aromatic rings. The number of nitrogens with zero attached hydrogens (tertiary/aromatic N) is 1. The van der Waals surface area contributed by atoms with Crippen LogP contribution in [0.15, 0.2) is 124 Å². The minimum atomic E-state index is -0.368. The molecular weight excluding hydrogens is 546 g/mol. The normalized spacial score (nSPS) is 15.0. The maximum atomic E-state index is 14.5. The number of furan rings is 1. The van der Waals surface area contributed by atoms with Gasteiger partial charge in [0.25, 0.3) is 0 Å². The van der Waals surface area contributed by atoms with Gasteiger partial charge in [-0.3, -0.25) is 4.79 Å². The summed E-state index contributed by atoms with van der Waals surface area (Å²) in [6.07, 6.45) is 0.572. The van der Waals surface area contributed by atoms with Crippen molar-refractivity contribution in [3.8, 4) is 16.8 Å². The molecule has 0 saturated heterocycles. The molecule has 1 aliphatic heterocycles. The number of para-hydroxylation sites is 2. The van der Waals surface area contributed by atoms with E-state index in [0.29, 0.717) is 6.42 Å². The number of hydrogen-bond donors (Lipinski definition) is 0. The highest BCUT2D eigenvalue weighted by molar-refractivity contribution is 9.10. The van der Waals surface area contributed by atoms with Gasteiger partial charge < -0.3 is 8.98 Å². The summed E-state index contributed by atoms with van der Waals surface area (Å²) < 4.78 is 9.54. The highest BCUT2D eigenvalue weighted by Crippen LogP contribution is 2.45. The van der Waals surface area contributed by atoms with Gasteiger partial charge in [-0.05, 0) is 47.5 Å². The van der Waals surface area contributed by atoms with Gasteiger partial charge in [0.05, 0.1) is 17.1 Å². The molecule has 3 nitrogen and oxygen atoms in total. The lowest BCUT2D eigenvalue weighted by atomic mass is 9.84. The fourth-order valence-electron chi connectivity index (χ4n) is 6.40. The van der Waals surface area contributed by atoms with Gasteiger partial charge in [0.2, 0.25) is 0 Å². The Morgan fingerprint density at radius 2 is 1.51 bits per heavy atom. The number of carbonyl (C=O) groups is 1. The largest absolute Gasteiger partial charge is 0.456 e. The molecule has 0 aliphatic carbocycles. The van der Waals surface area contributed by atoms with E-state index in [9.17, 15) is 4.79 Å². The van der Waals surface area contributed by atoms with Crippen molar-refractivity contribution in [2.45, 2.75) is 12.3 Å². The molecule has 3 heterocycles. The number of hydrogen-bond acceptors (Lipinski definition) is 2. The molecule has 5 aromatic carbocycles. The summed E-state index contributed by atoms with van der Waals surface area (Å²) in [5, 5.41) is 3.24. The van der Waals surface area contributed by atoms with E-state index >= 15 is 0 Å². The van der Waals surface area contributed by atoms with Crippen LogP contribution in [-0.4, -0.2) is 10.4 Å². The molecule has 1 atom stereocenters. The van der Waals surface area contributed by atoms with Gasteiger partial charge in [0.1, 0.15) is 11.2 Å². The first kappa shape index (κ1) is 22.6. The number of aromatic nitrogens is 1. The first-order valence-corrected chi connectivity index (χ1v) is 13.9. The summed E-state index contributed by atoms with van der Waals surface area (Å²) in [5.41, 5.74) is 8.88. The highest BCUT2D eigenvalue weighted by Gasteiger charge is 2.34. The molecule has 0 amide bonds. The number of fused-ring (bicyclic) bond motifs is 8. The van der Waals surface area contributed by atoms with Gasteiger partial charge in [0.15, 0.2) is 5.78 Å². The summed E-state index contributed by atoms with van der Waals surface area (Å²) in [6.45, 7) is 0. The van der Waals surface area contributed by atoms with Crippen molar-refractivity contribution in [3.05, 3.63) is 137 Å². The van der Waals surface area contributed by atoms with E-state index < -0.39 is 0 Å². The van der Waals surface area contributed by atoms with Gasteiger partial charge in [-0.2, -0.15) is 0 Å². The smallest absolute Gasteiger partial charge is 0.172 e. The third-order valence-corrected chi connectivity index (χ3v) is 8.52. The zero-order chi connectivity index (χ0) is 26.1. The molecule has 1 unspecified atom stereocenters. The third kappa shape index (κ3) is 3.31. The van der Waals surface area contributed by atoms with Crippen LogP contribution in [0.5, 0.6) is 0 Å². The van der Waals surface area contributed by atoms with Crippen LogP contribution in [0, 0.1) is 0 Å². The minimum absolute atomic E-state index is 0.134. The predicted octanol–water partition coefficient (Wildman–Crippen LogP) is 9.48. The zero-order valence-corrected chi connectivity index (χ0v) is 22.5. The molecule has 0 N–H and O–H groups in total. The topological polar surface area (TPSA) is 35.1 Å². The Bertz CT molecular complexity index is 2080. The van der Waals surface area contributed by atoms with E-state index in [4.69, 9.17) is 4.42 Å². The third-order valence-electron chi connectivity index (χ3n) is 8.03. The highest BCUT2D eigenvalue weighted by atomic mass is 79.9. The quantitative estimate of drug-likeness (QED) is 0.208. The summed E-state index contributed by atoms with van der Waals surface area (Å²) in [5.74, 6) is -0.235. The van der Waals surface area contributed by atoms with E-state index in [1.54, 1.807) is 0 Å². The van der Waals surface area contributed by atoms with Crippen LogP contribution >= 0.6 is 15.9 Å². The van der Waals surface area contributed by atoms with Gasteiger partial charge in [-0.1, -0.05) is 94.8 Å². The Morgan fingerprint density at radius 3 is 2.41 bits per heavy atom. The second kappa shape index (κ2) is 8.55. The van der Waals surface area contributed by atoms with E-state index in [1.807, 2.05) is 54.6 Å². The van der Waals surface area contributed by atoms with Crippen LogP contribution in [-0.2, 0) is 6.42 Å². The number of ketones is 1. The molecule has 8 rings (SSSR count). The summed E-state index contributed by atoms with van der Waals surface area (Å²) >= 11 is 3.70. The Hall–Kier alpha value is -4.41. The van der Waals surface area contributed by atoms with E-state index in [1.165, 1.54) is 10.9 Å². The Morgan fingerprint density at radius 1 is 0.744 bits per heavy atom. The molecule has 0 radical (unpaired) electrons. The van der Waals surface area contributed by atoms with Crippen molar-refractivity contribution in [2.24, 2.45) is 0 Å². The molecule has 1 aliphatic rings. The van der Waals surface area contributed by atoms with Gasteiger partial charge in [-0.15, -0.1) is 0 Å². The van der Waals surface area contributed by atoms with Gasteiger partial charge in [-0.25, -0.2) is 0 Å². The number of rotatable bonds is 2. The first-order valence-electron chi connectivity index (χ1n) is 13.1. The second-order valence-electron chi connectivity index (χ2n) is 10.1. The van der Waals surface area contributed by atoms with Crippen molar-refractivity contribution >= 4 is 54.6 Å². The molecule has 0 spiro atoms. The van der Waals surface area contributed by atoms with Crippen LogP contribution in [0.25, 0.3) is 49.7 Å². The SMILES string of the molecule is O=C1c2ccccc2-n2c(c(-c3ccccc3)c3ccc(Br)cc32)CC1c1cccc2oc3ccccc3c12. The lowest BCUT2D eigenvalue weighted by molar-refractivity contribution is 0.0961. The average molecular weight is 568 g/mol. The maximum absolute atomic E-state index is 14.5. The van der Waals surface area contributed by atoms with E-state index in [2.05, 4.69) is 81.2 Å². The average Bonchev–Trinajstić information content (AvgIpc) is 3.47. The Labute approximate surface area is 233 Å². The van der Waals surface area contributed by atoms with Gasteiger partial charge in [0, 0.05) is 43.9 Å². The Kier molecular flexibility index (Phi) is 4.95. The molecule has 0 bridgehead atoms. The van der Waals surface area contributed by atoms with Crippen LogP contribution in [0.1, 0.15) is 27.5 Å². The second-order valence-corrected chi connectivity index (χ2v) is 11.1. The zero-order valence-electron chi connectivity index (χ0n) is 20.9. The lowest BCUT2D eigenvalue weighted by Gasteiger charge is -2.16. The maximum Gasteiger partial charge on any atom is 0.172 e. The van der Waals surface area contributed by atoms with Crippen LogP contribution in [0.4, 0.5) is 0 Å².